The maximum absolute atomic E-state index is 12.9. The maximum atomic E-state index is 12.9. The number of anilines is 1. The van der Waals surface area contributed by atoms with E-state index in [4.69, 9.17) is 5.73 Å². The highest BCUT2D eigenvalue weighted by Gasteiger charge is 2.31. The molecule has 2 rings (SSSR count). The second-order valence-electron chi connectivity index (χ2n) is 5.89. The molecule has 2 aromatic rings. The Labute approximate surface area is 120 Å². The highest BCUT2D eigenvalue weighted by Crippen LogP contribution is 2.29. The molecule has 2 N–H and O–H groups in total. The number of hydrogen-bond donors (Lipinski definition) is 1. The van der Waals surface area contributed by atoms with Crippen LogP contribution in [-0.4, -0.2) is 5.78 Å². The summed E-state index contributed by atoms with van der Waals surface area (Å²) < 4.78 is 0. The third-order valence-electron chi connectivity index (χ3n) is 3.84. The molecule has 0 spiro atoms. The lowest BCUT2D eigenvalue weighted by molar-refractivity contribution is 0.0908. The normalized spacial score (nSPS) is 11.4. The Morgan fingerprint density at radius 1 is 1.00 bits per heavy atom. The first-order valence-electron chi connectivity index (χ1n) is 6.80. The lowest BCUT2D eigenvalue weighted by Crippen LogP contribution is -2.29. The third-order valence-corrected chi connectivity index (χ3v) is 3.84. The van der Waals surface area contributed by atoms with Gasteiger partial charge in [-0.3, -0.25) is 4.79 Å². The Morgan fingerprint density at radius 3 is 2.20 bits per heavy atom. The van der Waals surface area contributed by atoms with Crippen LogP contribution in [0.4, 0.5) is 5.69 Å². The number of rotatable bonds is 3. The van der Waals surface area contributed by atoms with Crippen LogP contribution in [0.1, 0.15) is 40.9 Å². The highest BCUT2D eigenvalue weighted by atomic mass is 16.1. The van der Waals surface area contributed by atoms with E-state index in [0.29, 0.717) is 5.69 Å². The van der Waals surface area contributed by atoms with Gasteiger partial charge in [0.15, 0.2) is 5.78 Å². The predicted octanol–water partition coefficient (Wildman–Crippen LogP) is 4.05. The van der Waals surface area contributed by atoms with Gasteiger partial charge in [-0.25, -0.2) is 0 Å². The molecule has 0 radical (unpaired) electrons. The summed E-state index contributed by atoms with van der Waals surface area (Å²) in [7, 11) is 0. The van der Waals surface area contributed by atoms with Gasteiger partial charge in [0, 0.05) is 11.3 Å². The van der Waals surface area contributed by atoms with E-state index >= 15 is 0 Å². The minimum atomic E-state index is -0.563. The van der Waals surface area contributed by atoms with Crippen molar-refractivity contribution in [3.05, 3.63) is 64.7 Å². The molecule has 104 valence electrons. The second-order valence-corrected chi connectivity index (χ2v) is 5.89. The van der Waals surface area contributed by atoms with Gasteiger partial charge in [-0.05, 0) is 57.0 Å². The van der Waals surface area contributed by atoms with Gasteiger partial charge in [0.2, 0.25) is 0 Å². The molecule has 2 heteroatoms. The molecular weight excluding hydrogens is 246 g/mol. The standard InChI is InChI=1S/C18H21NO/c1-12-5-6-13(2)16(11-12)17(20)18(3,4)14-7-9-15(19)10-8-14/h5-11H,19H2,1-4H3. The zero-order valence-electron chi connectivity index (χ0n) is 12.5. The Hall–Kier alpha value is -2.09. The van der Waals surface area contributed by atoms with Crippen LogP contribution in [0.5, 0.6) is 0 Å². The van der Waals surface area contributed by atoms with Gasteiger partial charge in [0.25, 0.3) is 0 Å². The van der Waals surface area contributed by atoms with Gasteiger partial charge >= 0.3 is 0 Å². The molecule has 0 amide bonds. The zero-order chi connectivity index (χ0) is 14.9. The molecule has 0 atom stereocenters. The molecule has 0 bridgehead atoms. The van der Waals surface area contributed by atoms with Crippen molar-refractivity contribution < 1.29 is 4.79 Å². The number of hydrogen-bond acceptors (Lipinski definition) is 2. The van der Waals surface area contributed by atoms with Crippen LogP contribution < -0.4 is 5.73 Å². The average molecular weight is 267 g/mol. The first kappa shape index (κ1) is 14.3. The second kappa shape index (κ2) is 5.12. The fourth-order valence-corrected chi connectivity index (χ4v) is 2.35. The summed E-state index contributed by atoms with van der Waals surface area (Å²) in [6.45, 7) is 7.91. The molecule has 0 aliphatic heterocycles. The molecule has 2 aromatic carbocycles. The summed E-state index contributed by atoms with van der Waals surface area (Å²) in [5.74, 6) is 0.142. The largest absolute Gasteiger partial charge is 0.399 e. The van der Waals surface area contributed by atoms with Crippen LogP contribution in [0.2, 0.25) is 0 Å². The molecule has 0 unspecified atom stereocenters. The van der Waals surface area contributed by atoms with Crippen LogP contribution in [0, 0.1) is 13.8 Å². The van der Waals surface area contributed by atoms with E-state index in [2.05, 4.69) is 0 Å². The van der Waals surface area contributed by atoms with Gasteiger partial charge in [-0.1, -0.05) is 29.8 Å². The monoisotopic (exact) mass is 267 g/mol. The van der Waals surface area contributed by atoms with Gasteiger partial charge in [-0.15, -0.1) is 0 Å². The number of carbonyl (C=O) groups excluding carboxylic acids is 1. The maximum Gasteiger partial charge on any atom is 0.173 e. The van der Waals surface area contributed by atoms with Gasteiger partial charge in [0.1, 0.15) is 0 Å². The number of benzene rings is 2. The molecule has 0 aliphatic carbocycles. The quantitative estimate of drug-likeness (QED) is 0.673. The van der Waals surface area contributed by atoms with Crippen molar-refractivity contribution >= 4 is 11.5 Å². The highest BCUT2D eigenvalue weighted by molar-refractivity contribution is 6.04. The third kappa shape index (κ3) is 2.60. The minimum absolute atomic E-state index is 0.142. The zero-order valence-corrected chi connectivity index (χ0v) is 12.5. The summed E-state index contributed by atoms with van der Waals surface area (Å²) >= 11 is 0. The first-order chi connectivity index (χ1) is 9.32. The lowest BCUT2D eigenvalue weighted by Gasteiger charge is -2.25. The number of ketones is 1. The average Bonchev–Trinajstić information content (AvgIpc) is 2.41. The van der Waals surface area contributed by atoms with Crippen molar-refractivity contribution in [2.75, 3.05) is 5.73 Å². The van der Waals surface area contributed by atoms with Crippen LogP contribution in [0.15, 0.2) is 42.5 Å². The SMILES string of the molecule is Cc1ccc(C)c(C(=O)C(C)(C)c2ccc(N)cc2)c1. The van der Waals surface area contributed by atoms with Crippen molar-refractivity contribution in [2.45, 2.75) is 33.1 Å². The molecule has 0 aromatic heterocycles. The van der Waals surface area contributed by atoms with E-state index in [0.717, 1.165) is 22.3 Å². The van der Waals surface area contributed by atoms with Crippen LogP contribution in [-0.2, 0) is 5.41 Å². The first-order valence-corrected chi connectivity index (χ1v) is 6.80. The van der Waals surface area contributed by atoms with Crippen molar-refractivity contribution in [1.82, 2.24) is 0 Å². The van der Waals surface area contributed by atoms with Crippen LogP contribution in [0.3, 0.4) is 0 Å². The smallest absolute Gasteiger partial charge is 0.173 e. The van der Waals surface area contributed by atoms with Crippen LogP contribution >= 0.6 is 0 Å². The topological polar surface area (TPSA) is 43.1 Å². The summed E-state index contributed by atoms with van der Waals surface area (Å²) in [6.07, 6.45) is 0. The number of nitrogens with two attached hydrogens (primary N) is 1. The number of nitrogen functional groups attached to an aromatic ring is 1. The minimum Gasteiger partial charge on any atom is -0.399 e. The molecule has 0 saturated heterocycles. The Kier molecular flexibility index (Phi) is 3.67. The predicted molar refractivity (Wildman–Crippen MR) is 84.1 cm³/mol. The Bertz CT molecular complexity index is 639. The summed E-state index contributed by atoms with van der Waals surface area (Å²) in [5, 5.41) is 0. The fraction of sp³-hybridized carbons (Fsp3) is 0.278. The Balaban J connectivity index is 2.45. The van der Waals surface area contributed by atoms with E-state index in [-0.39, 0.29) is 5.78 Å². The number of aryl methyl sites for hydroxylation is 2. The molecule has 0 aliphatic rings. The molecule has 0 saturated carbocycles. The molecular formula is C18H21NO. The number of Topliss-reactive ketones (excluding diaryl/α,β-unsaturated/α-hetero) is 1. The molecule has 2 nitrogen and oxygen atoms in total. The van der Waals surface area contributed by atoms with Gasteiger partial charge in [0.05, 0.1) is 5.41 Å². The summed E-state index contributed by atoms with van der Waals surface area (Å²) in [6, 6.07) is 13.5. The van der Waals surface area contributed by atoms with E-state index in [1.807, 2.05) is 70.2 Å². The van der Waals surface area contributed by atoms with Gasteiger partial charge < -0.3 is 5.73 Å². The van der Waals surface area contributed by atoms with Crippen molar-refractivity contribution in [1.29, 1.82) is 0 Å². The van der Waals surface area contributed by atoms with E-state index in [1.54, 1.807) is 0 Å². The fourth-order valence-electron chi connectivity index (χ4n) is 2.35. The van der Waals surface area contributed by atoms with Crippen molar-refractivity contribution in [3.8, 4) is 0 Å². The Morgan fingerprint density at radius 2 is 1.60 bits per heavy atom. The van der Waals surface area contributed by atoms with E-state index < -0.39 is 5.41 Å². The number of carbonyl (C=O) groups is 1. The summed E-state index contributed by atoms with van der Waals surface area (Å²) in [5.41, 5.74) is 9.77. The molecule has 0 fully saturated rings. The summed E-state index contributed by atoms with van der Waals surface area (Å²) in [4.78, 5) is 12.9. The van der Waals surface area contributed by atoms with E-state index in [9.17, 15) is 4.79 Å². The van der Waals surface area contributed by atoms with Crippen molar-refractivity contribution in [3.63, 3.8) is 0 Å². The van der Waals surface area contributed by atoms with E-state index in [1.165, 1.54) is 0 Å². The van der Waals surface area contributed by atoms with Crippen LogP contribution in [0.25, 0.3) is 0 Å². The molecule has 0 heterocycles. The molecule has 20 heavy (non-hydrogen) atoms. The lowest BCUT2D eigenvalue weighted by atomic mass is 9.77. The van der Waals surface area contributed by atoms with Gasteiger partial charge in [-0.2, -0.15) is 0 Å². The van der Waals surface area contributed by atoms with Crippen molar-refractivity contribution in [2.24, 2.45) is 0 Å².